The second-order valence-electron chi connectivity index (χ2n) is 2.30. The van der Waals surface area contributed by atoms with Crippen LogP contribution in [0, 0.1) is 0 Å². The lowest BCUT2D eigenvalue weighted by molar-refractivity contribution is -0.364. The maximum atomic E-state index is 9.77. The molecule has 0 heterocycles. The van der Waals surface area contributed by atoms with Gasteiger partial charge in [-0.1, -0.05) is 0 Å². The molecule has 1 aliphatic carbocycles. The Morgan fingerprint density at radius 3 is 2.73 bits per heavy atom. The Balaban J connectivity index is 1.83. The molecule has 5 heteroatoms. The summed E-state index contributed by atoms with van der Waals surface area (Å²) in [7, 11) is 0. The van der Waals surface area contributed by atoms with Gasteiger partial charge in [0.05, 0.1) is 6.10 Å². The molecule has 0 aromatic heterocycles. The van der Waals surface area contributed by atoms with Gasteiger partial charge >= 0.3 is 6.16 Å². The Bertz CT molecular complexity index is 131. The van der Waals surface area contributed by atoms with Crippen molar-refractivity contribution in [1.29, 1.82) is 0 Å². The van der Waals surface area contributed by atoms with Gasteiger partial charge in [0, 0.05) is 0 Å². The van der Waals surface area contributed by atoms with Crippen LogP contribution < -0.4 is 0 Å². The molecule has 0 unspecified atom stereocenters. The summed E-state index contributed by atoms with van der Waals surface area (Å²) in [4.78, 5) is 19.0. The third-order valence-electron chi connectivity index (χ3n) is 1.49. The van der Waals surface area contributed by atoms with Crippen molar-refractivity contribution in [1.82, 2.24) is 0 Å². The summed E-state index contributed by atoms with van der Waals surface area (Å²) in [5.41, 5.74) is 0. The minimum atomic E-state index is -1.36. The van der Waals surface area contributed by atoms with Crippen LogP contribution in [0.2, 0.25) is 0 Å². The molecule has 0 aliphatic heterocycles. The molecule has 64 valence electrons. The van der Waals surface area contributed by atoms with Crippen molar-refractivity contribution in [2.24, 2.45) is 0 Å². The maximum absolute atomic E-state index is 9.77. The number of ether oxygens (including phenoxy) is 1. The van der Waals surface area contributed by atoms with Crippen molar-refractivity contribution >= 4 is 6.16 Å². The molecule has 1 aliphatic rings. The van der Waals surface area contributed by atoms with Crippen molar-refractivity contribution in [2.45, 2.75) is 25.4 Å². The molecule has 0 aromatic rings. The van der Waals surface area contributed by atoms with E-state index in [2.05, 4.69) is 9.62 Å². The first kappa shape index (κ1) is 8.29. The Morgan fingerprint density at radius 2 is 2.27 bits per heavy atom. The second kappa shape index (κ2) is 4.15. The van der Waals surface area contributed by atoms with Crippen LogP contribution in [0.4, 0.5) is 4.79 Å². The lowest BCUT2D eigenvalue weighted by Gasteiger charge is -2.23. The fourth-order valence-corrected chi connectivity index (χ4v) is 0.665. The van der Waals surface area contributed by atoms with Crippen molar-refractivity contribution in [3.8, 4) is 0 Å². The van der Waals surface area contributed by atoms with Crippen molar-refractivity contribution in [3.05, 3.63) is 0 Å². The lowest BCUT2D eigenvalue weighted by Crippen LogP contribution is -2.22. The lowest BCUT2D eigenvalue weighted by atomic mass is 9.97. The Hall–Kier alpha value is -0.810. The van der Waals surface area contributed by atoms with Crippen molar-refractivity contribution in [3.63, 3.8) is 0 Å². The molecule has 0 radical (unpaired) electrons. The van der Waals surface area contributed by atoms with Crippen molar-refractivity contribution in [2.75, 3.05) is 6.79 Å². The largest absolute Gasteiger partial charge is 0.507 e. The number of rotatable bonds is 4. The molecule has 0 saturated heterocycles. The van der Waals surface area contributed by atoms with Gasteiger partial charge in [-0.2, -0.15) is 4.89 Å². The molecule has 11 heavy (non-hydrogen) atoms. The monoisotopic (exact) mass is 162 g/mol. The van der Waals surface area contributed by atoms with E-state index in [4.69, 9.17) is 9.99 Å². The summed E-state index contributed by atoms with van der Waals surface area (Å²) < 4.78 is 4.03. The first-order valence-corrected chi connectivity index (χ1v) is 3.43. The zero-order chi connectivity index (χ0) is 8.10. The van der Waals surface area contributed by atoms with Crippen LogP contribution in [0.5, 0.6) is 0 Å². The average Bonchev–Trinajstić information content (AvgIpc) is 1.82. The SMILES string of the molecule is O=C(O)OCOOC1CCC1. The summed E-state index contributed by atoms with van der Waals surface area (Å²) in [5, 5.41) is 7.99. The molecule has 0 bridgehead atoms. The predicted octanol–water partition coefficient (Wildman–Crippen LogP) is 1.14. The molecule has 1 rings (SSSR count). The van der Waals surface area contributed by atoms with Gasteiger partial charge < -0.3 is 9.84 Å². The first-order chi connectivity index (χ1) is 5.29. The van der Waals surface area contributed by atoms with Crippen LogP contribution >= 0.6 is 0 Å². The molecule has 5 nitrogen and oxygen atoms in total. The average molecular weight is 162 g/mol. The molecule has 1 saturated carbocycles. The Labute approximate surface area is 63.8 Å². The highest BCUT2D eigenvalue weighted by Gasteiger charge is 2.18. The number of hydrogen-bond acceptors (Lipinski definition) is 4. The molecule has 0 amide bonds. The molecular formula is C6H10O5. The van der Waals surface area contributed by atoms with E-state index in [1.807, 2.05) is 0 Å². The quantitative estimate of drug-likeness (QED) is 0.221. The van der Waals surface area contributed by atoms with Gasteiger partial charge in [0.2, 0.25) is 6.79 Å². The maximum Gasteiger partial charge on any atom is 0.507 e. The minimum absolute atomic E-state index is 0.132. The highest BCUT2D eigenvalue weighted by molar-refractivity contribution is 5.56. The van der Waals surface area contributed by atoms with E-state index in [0.717, 1.165) is 19.3 Å². The smallest absolute Gasteiger partial charge is 0.450 e. The zero-order valence-electron chi connectivity index (χ0n) is 5.99. The Morgan fingerprint density at radius 1 is 1.55 bits per heavy atom. The third-order valence-corrected chi connectivity index (χ3v) is 1.49. The molecular weight excluding hydrogens is 152 g/mol. The van der Waals surface area contributed by atoms with Crippen LogP contribution in [0.15, 0.2) is 0 Å². The normalized spacial score (nSPS) is 17.5. The number of hydrogen-bond donors (Lipinski definition) is 1. The topological polar surface area (TPSA) is 65.0 Å². The number of carboxylic acid groups (broad SMARTS) is 1. The summed E-state index contributed by atoms with van der Waals surface area (Å²) in [6, 6.07) is 0. The van der Waals surface area contributed by atoms with Gasteiger partial charge in [-0.15, -0.1) is 0 Å². The van der Waals surface area contributed by atoms with Gasteiger partial charge in [-0.25, -0.2) is 9.68 Å². The van der Waals surface area contributed by atoms with Crippen molar-refractivity contribution < 1.29 is 24.4 Å². The predicted molar refractivity (Wildman–Crippen MR) is 33.8 cm³/mol. The highest BCUT2D eigenvalue weighted by Crippen LogP contribution is 2.21. The van der Waals surface area contributed by atoms with Gasteiger partial charge in [0.1, 0.15) is 0 Å². The molecule has 1 N–H and O–H groups in total. The fourth-order valence-electron chi connectivity index (χ4n) is 0.665. The second-order valence-corrected chi connectivity index (χ2v) is 2.30. The molecule has 0 spiro atoms. The van der Waals surface area contributed by atoms with E-state index in [1.54, 1.807) is 0 Å². The van der Waals surface area contributed by atoms with Crippen LogP contribution in [0.1, 0.15) is 19.3 Å². The highest BCUT2D eigenvalue weighted by atomic mass is 17.2. The van der Waals surface area contributed by atoms with E-state index in [1.165, 1.54) is 0 Å². The summed E-state index contributed by atoms with van der Waals surface area (Å²) in [5.74, 6) is 0. The van der Waals surface area contributed by atoms with E-state index < -0.39 is 6.16 Å². The zero-order valence-corrected chi connectivity index (χ0v) is 5.99. The standard InChI is InChI=1S/C6H10O5/c7-6(8)9-4-10-11-5-2-1-3-5/h5H,1-4H2,(H,7,8). The fraction of sp³-hybridized carbons (Fsp3) is 0.833. The van der Waals surface area contributed by atoms with Gasteiger partial charge in [0.25, 0.3) is 0 Å². The van der Waals surface area contributed by atoms with E-state index >= 15 is 0 Å². The molecule has 1 fully saturated rings. The van der Waals surface area contributed by atoms with Gasteiger partial charge in [-0.3, -0.25) is 0 Å². The minimum Gasteiger partial charge on any atom is -0.450 e. The van der Waals surface area contributed by atoms with Crippen LogP contribution in [0.3, 0.4) is 0 Å². The summed E-state index contributed by atoms with van der Waals surface area (Å²) >= 11 is 0. The van der Waals surface area contributed by atoms with Crippen LogP contribution in [-0.2, 0) is 14.5 Å². The van der Waals surface area contributed by atoms with Gasteiger partial charge in [-0.05, 0) is 19.3 Å². The number of carbonyl (C=O) groups is 1. The van der Waals surface area contributed by atoms with E-state index in [0.29, 0.717) is 0 Å². The van der Waals surface area contributed by atoms with Crippen LogP contribution in [-0.4, -0.2) is 24.2 Å². The molecule has 0 aromatic carbocycles. The first-order valence-electron chi connectivity index (χ1n) is 3.43. The van der Waals surface area contributed by atoms with E-state index in [9.17, 15) is 4.79 Å². The third kappa shape index (κ3) is 3.20. The van der Waals surface area contributed by atoms with Gasteiger partial charge in [0.15, 0.2) is 0 Å². The van der Waals surface area contributed by atoms with E-state index in [-0.39, 0.29) is 12.9 Å². The summed E-state index contributed by atoms with van der Waals surface area (Å²) in [6.45, 7) is -0.355. The van der Waals surface area contributed by atoms with Crippen LogP contribution in [0.25, 0.3) is 0 Å². The summed E-state index contributed by atoms with van der Waals surface area (Å²) in [6.07, 6.45) is 1.88. The molecule has 0 atom stereocenters. The Kier molecular flexibility index (Phi) is 3.13.